The molecule has 1 N–H and O–H groups in total. The fraction of sp³-hybridized carbons (Fsp3) is 0.286. The van der Waals surface area contributed by atoms with E-state index in [1.165, 1.54) is 6.08 Å². The van der Waals surface area contributed by atoms with E-state index in [4.69, 9.17) is 0 Å². The van der Waals surface area contributed by atoms with Crippen molar-refractivity contribution >= 4 is 44.9 Å². The number of carbonyl (C=O) groups excluding carboxylic acids is 1. The van der Waals surface area contributed by atoms with Gasteiger partial charge < -0.3 is 5.32 Å². The van der Waals surface area contributed by atoms with Crippen molar-refractivity contribution in [3.63, 3.8) is 0 Å². The zero-order chi connectivity index (χ0) is 14.8. The molecule has 0 saturated heterocycles. The summed E-state index contributed by atoms with van der Waals surface area (Å²) in [5.41, 5.74) is 0.601. The summed E-state index contributed by atoms with van der Waals surface area (Å²) in [6.07, 6.45) is 6.79. The third-order valence-electron chi connectivity index (χ3n) is 2.53. The fourth-order valence-electron chi connectivity index (χ4n) is 1.51. The van der Waals surface area contributed by atoms with Crippen molar-refractivity contribution in [3.8, 4) is 0 Å². The number of halogens is 1. The first-order valence-electron chi connectivity index (χ1n) is 6.14. The van der Waals surface area contributed by atoms with Crippen LogP contribution in [0.5, 0.6) is 0 Å². The second-order valence-electron chi connectivity index (χ2n) is 5.31. The fourth-order valence-corrected chi connectivity index (χ4v) is 2.84. The Labute approximate surface area is 130 Å². The van der Waals surface area contributed by atoms with Crippen LogP contribution in [0.2, 0.25) is 0 Å². The van der Waals surface area contributed by atoms with E-state index in [2.05, 4.69) is 47.1 Å². The second kappa shape index (κ2) is 5.93. The van der Waals surface area contributed by atoms with Gasteiger partial charge in [-0.05, 0) is 54.9 Å². The molecule has 0 aliphatic rings. The number of carbonyl (C=O) groups is 1. The monoisotopic (exact) mass is 353 g/mol. The van der Waals surface area contributed by atoms with Gasteiger partial charge in [-0.15, -0.1) is 11.3 Å². The van der Waals surface area contributed by atoms with Crippen LogP contribution in [-0.4, -0.2) is 15.7 Å². The number of nitrogens with one attached hydrogen (secondary N) is 1. The first-order valence-corrected chi connectivity index (χ1v) is 7.75. The molecular weight excluding hydrogens is 338 g/mol. The highest BCUT2D eigenvalue weighted by Crippen LogP contribution is 2.23. The molecule has 0 bridgehead atoms. The number of rotatable bonds is 3. The molecule has 0 saturated carbocycles. The van der Waals surface area contributed by atoms with E-state index < -0.39 is 0 Å². The first-order chi connectivity index (χ1) is 9.34. The summed E-state index contributed by atoms with van der Waals surface area (Å²) in [7, 11) is 0. The quantitative estimate of drug-likeness (QED) is 0.843. The Balaban J connectivity index is 1.98. The molecule has 0 atom stereocenters. The minimum Gasteiger partial charge on any atom is -0.320 e. The number of amides is 1. The Morgan fingerprint density at radius 1 is 1.45 bits per heavy atom. The van der Waals surface area contributed by atoms with Gasteiger partial charge in [-0.1, -0.05) is 0 Å². The van der Waals surface area contributed by atoms with Gasteiger partial charge in [0, 0.05) is 17.2 Å². The lowest BCUT2D eigenvalue weighted by molar-refractivity contribution is -0.111. The summed E-state index contributed by atoms with van der Waals surface area (Å²) in [4.78, 5) is 12.8. The van der Waals surface area contributed by atoms with Gasteiger partial charge >= 0.3 is 0 Å². The number of nitrogens with zero attached hydrogens (tertiary/aromatic N) is 2. The Bertz CT molecular complexity index is 637. The number of thiophene rings is 1. The summed E-state index contributed by atoms with van der Waals surface area (Å²) in [6, 6.07) is 3.91. The van der Waals surface area contributed by atoms with Gasteiger partial charge in [0.2, 0.25) is 5.91 Å². The number of hydrogen-bond acceptors (Lipinski definition) is 3. The van der Waals surface area contributed by atoms with Crippen molar-refractivity contribution in [2.75, 3.05) is 5.32 Å². The predicted octanol–water partition coefficient (Wildman–Crippen LogP) is 4.11. The maximum absolute atomic E-state index is 11.8. The highest BCUT2D eigenvalue weighted by atomic mass is 79.9. The minimum atomic E-state index is -0.164. The van der Waals surface area contributed by atoms with Crippen LogP contribution < -0.4 is 5.32 Å². The molecule has 6 heteroatoms. The lowest BCUT2D eigenvalue weighted by Gasteiger charge is -2.18. The SMILES string of the molecule is CC(C)(C)n1cc(NC(=O)/C=C/c2ccc(Br)s2)cn1. The van der Waals surface area contributed by atoms with Crippen LogP contribution >= 0.6 is 27.3 Å². The van der Waals surface area contributed by atoms with Gasteiger partial charge in [-0.25, -0.2) is 0 Å². The van der Waals surface area contributed by atoms with Crippen molar-refractivity contribution in [1.82, 2.24) is 9.78 Å². The molecule has 0 unspecified atom stereocenters. The Hall–Kier alpha value is -1.40. The first kappa shape index (κ1) is 15.0. The largest absolute Gasteiger partial charge is 0.320 e. The average molecular weight is 354 g/mol. The molecule has 4 nitrogen and oxygen atoms in total. The van der Waals surface area contributed by atoms with Crippen molar-refractivity contribution in [3.05, 3.63) is 39.3 Å². The number of aromatic nitrogens is 2. The third-order valence-corrected chi connectivity index (χ3v) is 4.12. The van der Waals surface area contributed by atoms with Crippen LogP contribution in [0.3, 0.4) is 0 Å². The molecule has 20 heavy (non-hydrogen) atoms. The zero-order valence-electron chi connectivity index (χ0n) is 11.6. The smallest absolute Gasteiger partial charge is 0.248 e. The molecular formula is C14H16BrN3OS. The Kier molecular flexibility index (Phi) is 4.45. The van der Waals surface area contributed by atoms with Crippen LogP contribution in [0, 0.1) is 0 Å². The van der Waals surface area contributed by atoms with E-state index in [0.717, 1.165) is 8.66 Å². The van der Waals surface area contributed by atoms with E-state index in [0.29, 0.717) is 5.69 Å². The molecule has 0 aliphatic carbocycles. The van der Waals surface area contributed by atoms with Crippen molar-refractivity contribution in [1.29, 1.82) is 0 Å². The Morgan fingerprint density at radius 2 is 2.20 bits per heavy atom. The lowest BCUT2D eigenvalue weighted by atomic mass is 10.1. The van der Waals surface area contributed by atoms with Gasteiger partial charge in [0.15, 0.2) is 0 Å². The molecule has 2 heterocycles. The molecule has 106 valence electrons. The molecule has 1 amide bonds. The van der Waals surface area contributed by atoms with Gasteiger partial charge in [0.25, 0.3) is 0 Å². The summed E-state index contributed by atoms with van der Waals surface area (Å²) in [5.74, 6) is -0.164. The summed E-state index contributed by atoms with van der Waals surface area (Å²) >= 11 is 4.96. The molecule has 2 rings (SSSR count). The number of hydrogen-bond donors (Lipinski definition) is 1. The van der Waals surface area contributed by atoms with Crippen molar-refractivity contribution in [2.24, 2.45) is 0 Å². The Morgan fingerprint density at radius 3 is 2.75 bits per heavy atom. The summed E-state index contributed by atoms with van der Waals surface area (Å²) < 4.78 is 2.87. The highest BCUT2D eigenvalue weighted by Gasteiger charge is 2.14. The van der Waals surface area contributed by atoms with E-state index in [1.807, 2.05) is 23.0 Å². The van der Waals surface area contributed by atoms with Gasteiger partial charge in [0.05, 0.1) is 21.2 Å². The van der Waals surface area contributed by atoms with E-state index in [9.17, 15) is 4.79 Å². The maximum atomic E-state index is 11.8. The third kappa shape index (κ3) is 4.05. The molecule has 0 aliphatic heterocycles. The maximum Gasteiger partial charge on any atom is 0.248 e. The summed E-state index contributed by atoms with van der Waals surface area (Å²) in [5, 5.41) is 7.03. The van der Waals surface area contributed by atoms with Gasteiger partial charge in [0.1, 0.15) is 0 Å². The van der Waals surface area contributed by atoms with Gasteiger partial charge in [-0.3, -0.25) is 9.48 Å². The second-order valence-corrected chi connectivity index (χ2v) is 7.80. The molecule has 0 radical (unpaired) electrons. The van der Waals surface area contributed by atoms with Crippen LogP contribution in [0.25, 0.3) is 6.08 Å². The van der Waals surface area contributed by atoms with Crippen molar-refractivity contribution < 1.29 is 4.79 Å². The summed E-state index contributed by atoms with van der Waals surface area (Å²) in [6.45, 7) is 6.17. The van der Waals surface area contributed by atoms with Crippen LogP contribution in [0.4, 0.5) is 5.69 Å². The molecule has 2 aromatic rings. The molecule has 0 fully saturated rings. The van der Waals surface area contributed by atoms with Gasteiger partial charge in [-0.2, -0.15) is 5.10 Å². The average Bonchev–Trinajstić information content (AvgIpc) is 2.95. The molecule has 0 spiro atoms. The standard InChI is InChI=1S/C14H16BrN3OS/c1-14(2,3)18-9-10(8-16-18)17-13(19)7-5-11-4-6-12(15)20-11/h4-9H,1-3H3,(H,17,19)/b7-5+. The number of anilines is 1. The molecule has 0 aromatic carbocycles. The zero-order valence-corrected chi connectivity index (χ0v) is 14.0. The minimum absolute atomic E-state index is 0.0952. The topological polar surface area (TPSA) is 46.9 Å². The van der Waals surface area contributed by atoms with E-state index in [-0.39, 0.29) is 11.4 Å². The van der Waals surface area contributed by atoms with Crippen molar-refractivity contribution in [2.45, 2.75) is 26.3 Å². The highest BCUT2D eigenvalue weighted by molar-refractivity contribution is 9.11. The normalized spacial score (nSPS) is 12.0. The van der Waals surface area contributed by atoms with Crippen LogP contribution in [0.15, 0.2) is 34.4 Å². The van der Waals surface area contributed by atoms with E-state index in [1.54, 1.807) is 23.6 Å². The van der Waals surface area contributed by atoms with E-state index >= 15 is 0 Å². The molecule has 2 aromatic heterocycles. The lowest BCUT2D eigenvalue weighted by Crippen LogP contribution is -2.22. The van der Waals surface area contributed by atoms with Crippen LogP contribution in [-0.2, 0) is 10.3 Å². The predicted molar refractivity (Wildman–Crippen MR) is 86.9 cm³/mol. The van der Waals surface area contributed by atoms with Crippen LogP contribution in [0.1, 0.15) is 25.6 Å².